The summed E-state index contributed by atoms with van der Waals surface area (Å²) in [5.74, 6) is 2.97. The Labute approximate surface area is 329 Å². The Kier molecular flexibility index (Phi) is 7.84. The SMILES string of the molecule is C1=CC2Oc3c(cccc3N(c3ccccc3)c3ccc(-c4cccc5oc6cc(-c7nc(-c8ccccc8)nc(-c8ccccc8)n7)ccc6c45)cc3)C2C=C1. The summed E-state index contributed by atoms with van der Waals surface area (Å²) in [6.07, 6.45) is 8.57. The van der Waals surface area contributed by atoms with Crippen LogP contribution in [-0.4, -0.2) is 21.1 Å². The average molecular weight is 735 g/mol. The number of hydrogen-bond donors (Lipinski definition) is 0. The van der Waals surface area contributed by atoms with Gasteiger partial charge in [-0.05, 0) is 65.7 Å². The van der Waals surface area contributed by atoms with Crippen molar-refractivity contribution < 1.29 is 9.15 Å². The first kappa shape index (κ1) is 32.8. The molecule has 11 rings (SSSR count). The third-order valence-electron chi connectivity index (χ3n) is 10.9. The second-order valence-electron chi connectivity index (χ2n) is 14.3. The van der Waals surface area contributed by atoms with Gasteiger partial charge >= 0.3 is 0 Å². The molecule has 1 aliphatic heterocycles. The number of rotatable bonds is 7. The lowest BCUT2D eigenvalue weighted by Gasteiger charge is -2.27. The molecule has 6 heteroatoms. The van der Waals surface area contributed by atoms with E-state index in [2.05, 4.69) is 120 Å². The molecule has 3 heterocycles. The molecule has 2 aromatic heterocycles. The number of allylic oxidation sites excluding steroid dienone is 2. The molecule has 57 heavy (non-hydrogen) atoms. The highest BCUT2D eigenvalue weighted by atomic mass is 16.5. The molecule has 0 saturated heterocycles. The molecule has 0 radical (unpaired) electrons. The summed E-state index contributed by atoms with van der Waals surface area (Å²) in [4.78, 5) is 17.0. The quantitative estimate of drug-likeness (QED) is 0.162. The second kappa shape index (κ2) is 13.6. The minimum Gasteiger partial charge on any atom is -0.483 e. The molecule has 7 aromatic carbocycles. The van der Waals surface area contributed by atoms with Crippen LogP contribution in [0.4, 0.5) is 17.1 Å². The summed E-state index contributed by atoms with van der Waals surface area (Å²) in [5, 5.41) is 2.09. The van der Waals surface area contributed by atoms with E-state index in [0.717, 1.165) is 72.6 Å². The van der Waals surface area contributed by atoms with Crippen LogP contribution in [-0.2, 0) is 0 Å². The number of furan rings is 1. The Hall–Kier alpha value is -7.57. The predicted octanol–water partition coefficient (Wildman–Crippen LogP) is 12.9. The van der Waals surface area contributed by atoms with Gasteiger partial charge in [0.25, 0.3) is 0 Å². The topological polar surface area (TPSA) is 64.3 Å². The second-order valence-corrected chi connectivity index (χ2v) is 14.3. The van der Waals surface area contributed by atoms with Crippen molar-refractivity contribution in [2.75, 3.05) is 4.90 Å². The van der Waals surface area contributed by atoms with Crippen molar-refractivity contribution in [3.63, 3.8) is 0 Å². The van der Waals surface area contributed by atoms with Gasteiger partial charge in [-0.1, -0.05) is 140 Å². The van der Waals surface area contributed by atoms with Crippen LogP contribution in [0.3, 0.4) is 0 Å². The molecule has 0 bridgehead atoms. The zero-order valence-corrected chi connectivity index (χ0v) is 30.7. The normalized spacial score (nSPS) is 15.4. The molecular weight excluding hydrogens is 701 g/mol. The molecule has 9 aromatic rings. The van der Waals surface area contributed by atoms with E-state index in [1.54, 1.807) is 0 Å². The average Bonchev–Trinajstić information content (AvgIpc) is 3.86. The highest BCUT2D eigenvalue weighted by molar-refractivity contribution is 6.13. The number of nitrogens with zero attached hydrogens (tertiary/aromatic N) is 4. The molecule has 0 fully saturated rings. The van der Waals surface area contributed by atoms with E-state index in [1.165, 1.54) is 5.56 Å². The van der Waals surface area contributed by atoms with Crippen LogP contribution >= 0.6 is 0 Å². The van der Waals surface area contributed by atoms with Crippen molar-refractivity contribution in [2.24, 2.45) is 0 Å². The number of hydrogen-bond acceptors (Lipinski definition) is 6. The van der Waals surface area contributed by atoms with Gasteiger partial charge in [0.15, 0.2) is 17.5 Å². The lowest BCUT2D eigenvalue weighted by Crippen LogP contribution is -2.16. The predicted molar refractivity (Wildman–Crippen MR) is 229 cm³/mol. The standard InChI is InChI=1S/C51H34N4O2/c1-4-14-34(15-5-1)49-52-50(35-16-6-2-7-17-35)54-51(53-49)36-28-31-42-46(32-36)56-45-25-13-21-39(47(42)45)33-26-29-38(30-27-33)55(37-18-8-3-9-19-37)43-23-12-22-41-40-20-10-11-24-44(40)57-48(41)43/h1-32,40,44H. The van der Waals surface area contributed by atoms with Gasteiger partial charge in [0.2, 0.25) is 0 Å². The molecule has 2 atom stereocenters. The zero-order chi connectivity index (χ0) is 37.7. The number of benzene rings is 7. The Bertz CT molecular complexity index is 2940. The smallest absolute Gasteiger partial charge is 0.164 e. The van der Waals surface area contributed by atoms with Crippen molar-refractivity contribution in [1.82, 2.24) is 15.0 Å². The fraction of sp³-hybridized carbons (Fsp3) is 0.0392. The van der Waals surface area contributed by atoms with Gasteiger partial charge in [-0.25, -0.2) is 15.0 Å². The minimum absolute atomic E-state index is 0.00301. The van der Waals surface area contributed by atoms with Gasteiger partial charge in [0, 0.05) is 50.3 Å². The van der Waals surface area contributed by atoms with E-state index in [4.69, 9.17) is 24.1 Å². The Morgan fingerprint density at radius 2 is 1.09 bits per heavy atom. The fourth-order valence-electron chi connectivity index (χ4n) is 8.16. The summed E-state index contributed by atoms with van der Waals surface area (Å²) in [7, 11) is 0. The lowest BCUT2D eigenvalue weighted by molar-refractivity contribution is 0.269. The third-order valence-corrected chi connectivity index (χ3v) is 10.9. The maximum absolute atomic E-state index is 6.63. The molecule has 0 spiro atoms. The van der Waals surface area contributed by atoms with Crippen LogP contribution in [0.15, 0.2) is 199 Å². The van der Waals surface area contributed by atoms with E-state index in [-0.39, 0.29) is 12.0 Å². The Balaban J connectivity index is 0.982. The summed E-state index contributed by atoms with van der Waals surface area (Å²) >= 11 is 0. The molecule has 1 aliphatic carbocycles. The minimum atomic E-state index is 0.00301. The maximum Gasteiger partial charge on any atom is 0.164 e. The van der Waals surface area contributed by atoms with E-state index in [0.29, 0.717) is 17.5 Å². The summed E-state index contributed by atoms with van der Waals surface area (Å²) < 4.78 is 13.2. The summed E-state index contributed by atoms with van der Waals surface area (Å²) in [6, 6.07) is 58.3. The van der Waals surface area contributed by atoms with Crippen LogP contribution < -0.4 is 9.64 Å². The highest BCUT2D eigenvalue weighted by Gasteiger charge is 2.35. The first-order valence-electron chi connectivity index (χ1n) is 19.2. The molecule has 2 unspecified atom stereocenters. The van der Waals surface area contributed by atoms with Crippen molar-refractivity contribution >= 4 is 39.0 Å². The van der Waals surface area contributed by atoms with Gasteiger partial charge in [0.1, 0.15) is 23.0 Å². The first-order valence-corrected chi connectivity index (χ1v) is 19.2. The molecule has 2 aliphatic rings. The zero-order valence-electron chi connectivity index (χ0n) is 30.7. The van der Waals surface area contributed by atoms with Crippen LogP contribution in [0.25, 0.3) is 67.2 Å². The summed E-state index contributed by atoms with van der Waals surface area (Å²) in [6.45, 7) is 0. The van der Waals surface area contributed by atoms with Gasteiger partial charge in [-0.2, -0.15) is 0 Å². The fourth-order valence-corrected chi connectivity index (χ4v) is 8.16. The van der Waals surface area contributed by atoms with Crippen LogP contribution in [0.2, 0.25) is 0 Å². The number of anilines is 3. The summed E-state index contributed by atoms with van der Waals surface area (Å²) in [5.41, 5.74) is 10.8. The maximum atomic E-state index is 6.63. The van der Waals surface area contributed by atoms with Crippen LogP contribution in [0.5, 0.6) is 5.75 Å². The number of fused-ring (bicyclic) bond motifs is 6. The van der Waals surface area contributed by atoms with Crippen molar-refractivity contribution in [3.05, 3.63) is 200 Å². The van der Waals surface area contributed by atoms with Crippen molar-refractivity contribution in [1.29, 1.82) is 0 Å². The van der Waals surface area contributed by atoms with Crippen molar-refractivity contribution in [3.8, 4) is 51.0 Å². The third kappa shape index (κ3) is 5.78. The Morgan fingerprint density at radius 1 is 0.474 bits per heavy atom. The molecule has 270 valence electrons. The molecule has 6 nitrogen and oxygen atoms in total. The van der Waals surface area contributed by atoms with E-state index >= 15 is 0 Å². The largest absolute Gasteiger partial charge is 0.483 e. The van der Waals surface area contributed by atoms with Gasteiger partial charge in [-0.15, -0.1) is 0 Å². The number of aromatic nitrogens is 3. The van der Waals surface area contributed by atoms with E-state index in [1.807, 2.05) is 78.9 Å². The van der Waals surface area contributed by atoms with Gasteiger partial charge < -0.3 is 14.1 Å². The highest BCUT2D eigenvalue weighted by Crippen LogP contribution is 2.50. The lowest BCUT2D eigenvalue weighted by atomic mass is 9.92. The van der Waals surface area contributed by atoms with Gasteiger partial charge in [0.05, 0.1) is 5.69 Å². The molecule has 0 N–H and O–H groups in total. The van der Waals surface area contributed by atoms with Crippen LogP contribution in [0.1, 0.15) is 11.5 Å². The molecule has 0 amide bonds. The monoisotopic (exact) mass is 734 g/mol. The van der Waals surface area contributed by atoms with E-state index < -0.39 is 0 Å². The Morgan fingerprint density at radius 3 is 1.81 bits per heavy atom. The van der Waals surface area contributed by atoms with E-state index in [9.17, 15) is 0 Å². The first-order chi connectivity index (χ1) is 28.2. The number of ether oxygens (including phenoxy) is 1. The molecule has 0 saturated carbocycles. The van der Waals surface area contributed by atoms with Crippen molar-refractivity contribution in [2.45, 2.75) is 12.0 Å². The molecular formula is C51H34N4O2. The number of para-hydroxylation sites is 2. The van der Waals surface area contributed by atoms with Crippen LogP contribution in [0, 0.1) is 0 Å². The van der Waals surface area contributed by atoms with Gasteiger partial charge in [-0.3, -0.25) is 0 Å².